The highest BCUT2D eigenvalue weighted by Crippen LogP contribution is 2.16. The van der Waals surface area contributed by atoms with E-state index in [4.69, 9.17) is 0 Å². The molecule has 102 valence electrons. The lowest BCUT2D eigenvalue weighted by Crippen LogP contribution is -2.11. The third-order valence-corrected chi connectivity index (χ3v) is 2.38. The summed E-state index contributed by atoms with van der Waals surface area (Å²) in [7, 11) is -3.29. The molecule has 2 N–H and O–H groups in total. The van der Waals surface area contributed by atoms with E-state index >= 15 is 0 Å². The summed E-state index contributed by atoms with van der Waals surface area (Å²) in [6.45, 7) is 5.74. The molecule has 0 saturated carbocycles. The van der Waals surface area contributed by atoms with Gasteiger partial charge in [0.2, 0.25) is 15.9 Å². The van der Waals surface area contributed by atoms with Gasteiger partial charge in [-0.25, -0.2) is 8.42 Å². The fourth-order valence-electron chi connectivity index (χ4n) is 1.12. The Bertz CT molecular complexity index is 484. The van der Waals surface area contributed by atoms with E-state index in [2.05, 4.69) is 10.0 Å². The predicted molar refractivity (Wildman–Crippen MR) is 75.2 cm³/mol. The van der Waals surface area contributed by atoms with E-state index in [-0.39, 0.29) is 5.91 Å². The Kier molecular flexibility index (Phi) is 7.04. The van der Waals surface area contributed by atoms with Crippen molar-refractivity contribution in [2.45, 2.75) is 27.2 Å². The lowest BCUT2D eigenvalue weighted by Gasteiger charge is -2.07. The van der Waals surface area contributed by atoms with E-state index in [0.717, 1.165) is 6.26 Å². The molecule has 18 heavy (non-hydrogen) atoms. The molecular formula is C12H20N2O3S. The van der Waals surface area contributed by atoms with Crippen LogP contribution in [-0.4, -0.2) is 20.6 Å². The third kappa shape index (κ3) is 6.90. The smallest absolute Gasteiger partial charge is 0.229 e. The molecule has 0 saturated heterocycles. The van der Waals surface area contributed by atoms with Gasteiger partial charge in [0, 0.05) is 12.1 Å². The molecule has 0 aliphatic carbocycles. The molecule has 1 amide bonds. The molecule has 0 atom stereocenters. The number of benzene rings is 1. The monoisotopic (exact) mass is 272 g/mol. The first-order valence-corrected chi connectivity index (χ1v) is 7.67. The molecule has 1 aromatic carbocycles. The number of hydrogen-bond donors (Lipinski definition) is 2. The van der Waals surface area contributed by atoms with Crippen molar-refractivity contribution in [3.63, 3.8) is 0 Å². The van der Waals surface area contributed by atoms with E-state index in [0.29, 0.717) is 17.8 Å². The van der Waals surface area contributed by atoms with Crippen LogP contribution in [0.15, 0.2) is 24.3 Å². The average Bonchev–Trinajstić information content (AvgIpc) is 2.29. The molecular weight excluding hydrogens is 252 g/mol. The highest BCUT2D eigenvalue weighted by molar-refractivity contribution is 7.92. The minimum atomic E-state index is -3.29. The molecule has 0 aromatic heterocycles. The van der Waals surface area contributed by atoms with Gasteiger partial charge >= 0.3 is 0 Å². The zero-order chi connectivity index (χ0) is 14.2. The zero-order valence-electron chi connectivity index (χ0n) is 11.1. The number of carbonyl (C=O) groups excluding carboxylic acids is 1. The minimum absolute atomic E-state index is 0.114. The summed E-state index contributed by atoms with van der Waals surface area (Å²) >= 11 is 0. The molecule has 0 unspecified atom stereocenters. The molecule has 0 fully saturated rings. The number of rotatable bonds is 4. The summed E-state index contributed by atoms with van der Waals surface area (Å²) < 4.78 is 24.3. The van der Waals surface area contributed by atoms with Crippen molar-refractivity contribution in [1.82, 2.24) is 0 Å². The van der Waals surface area contributed by atoms with Gasteiger partial charge in [-0.05, 0) is 18.2 Å². The van der Waals surface area contributed by atoms with Crippen molar-refractivity contribution in [2.75, 3.05) is 16.3 Å². The molecule has 0 heterocycles. The van der Waals surface area contributed by atoms with Crippen LogP contribution >= 0.6 is 0 Å². The summed E-state index contributed by atoms with van der Waals surface area (Å²) in [5.74, 6) is -0.114. The fraction of sp³-hybridized carbons (Fsp3) is 0.417. The number of amides is 1. The molecule has 6 heteroatoms. The lowest BCUT2D eigenvalue weighted by molar-refractivity contribution is -0.115. The van der Waals surface area contributed by atoms with Crippen LogP contribution in [0.5, 0.6) is 0 Å². The van der Waals surface area contributed by atoms with Crippen LogP contribution in [0.1, 0.15) is 27.2 Å². The maximum Gasteiger partial charge on any atom is 0.229 e. The van der Waals surface area contributed by atoms with Crippen molar-refractivity contribution in [3.8, 4) is 0 Å². The van der Waals surface area contributed by atoms with Crippen LogP contribution in [0.4, 0.5) is 11.4 Å². The average molecular weight is 272 g/mol. The minimum Gasteiger partial charge on any atom is -0.326 e. The molecule has 1 rings (SSSR count). The Morgan fingerprint density at radius 2 is 1.78 bits per heavy atom. The Labute approximate surface area is 109 Å². The third-order valence-electron chi connectivity index (χ3n) is 1.77. The van der Waals surface area contributed by atoms with Crippen molar-refractivity contribution in [1.29, 1.82) is 0 Å². The molecule has 1 aromatic rings. The van der Waals surface area contributed by atoms with Gasteiger partial charge in [0.1, 0.15) is 0 Å². The van der Waals surface area contributed by atoms with E-state index in [1.54, 1.807) is 31.2 Å². The highest BCUT2D eigenvalue weighted by atomic mass is 32.2. The van der Waals surface area contributed by atoms with Gasteiger partial charge in [0.15, 0.2) is 0 Å². The molecule has 0 spiro atoms. The zero-order valence-corrected chi connectivity index (χ0v) is 12.0. The van der Waals surface area contributed by atoms with Crippen LogP contribution < -0.4 is 10.0 Å². The summed E-state index contributed by atoms with van der Waals surface area (Å²) in [4.78, 5) is 11.1. The first-order chi connectivity index (χ1) is 8.40. The number of anilines is 2. The number of sulfonamides is 1. The standard InChI is InChI=1S/C10H14N2O3S.C2H6/c1-3-10(13)11-8-5-4-6-9(7-8)12-16(2,14)15;1-2/h4-7,12H,3H2,1-2H3,(H,11,13);1-2H3. The SMILES string of the molecule is CC.CCC(=O)Nc1cccc(NS(C)(=O)=O)c1. The molecule has 0 aliphatic rings. The van der Waals surface area contributed by atoms with Gasteiger partial charge in [0.05, 0.1) is 11.9 Å². The lowest BCUT2D eigenvalue weighted by atomic mass is 10.3. The number of nitrogens with one attached hydrogen (secondary N) is 2. The first-order valence-electron chi connectivity index (χ1n) is 5.78. The molecule has 5 nitrogen and oxygen atoms in total. The Hall–Kier alpha value is -1.56. The van der Waals surface area contributed by atoms with Crippen LogP contribution in [0.2, 0.25) is 0 Å². The van der Waals surface area contributed by atoms with Crippen molar-refractivity contribution >= 4 is 27.3 Å². The summed E-state index contributed by atoms with van der Waals surface area (Å²) in [5.41, 5.74) is 0.997. The van der Waals surface area contributed by atoms with Gasteiger partial charge in [-0.1, -0.05) is 26.8 Å². The van der Waals surface area contributed by atoms with E-state index < -0.39 is 10.0 Å². The van der Waals surface area contributed by atoms with Crippen LogP contribution in [0, 0.1) is 0 Å². The van der Waals surface area contributed by atoms with Gasteiger partial charge < -0.3 is 5.32 Å². The van der Waals surface area contributed by atoms with Gasteiger partial charge in [-0.3, -0.25) is 9.52 Å². The Morgan fingerprint density at radius 3 is 2.28 bits per heavy atom. The van der Waals surface area contributed by atoms with Gasteiger partial charge in [-0.2, -0.15) is 0 Å². The Morgan fingerprint density at radius 1 is 1.22 bits per heavy atom. The highest BCUT2D eigenvalue weighted by Gasteiger charge is 2.03. The maximum absolute atomic E-state index is 11.1. The molecule has 0 aliphatic heterocycles. The van der Waals surface area contributed by atoms with Crippen molar-refractivity contribution in [2.24, 2.45) is 0 Å². The molecule has 0 radical (unpaired) electrons. The van der Waals surface area contributed by atoms with Crippen LogP contribution in [0.25, 0.3) is 0 Å². The normalized spacial score (nSPS) is 10.0. The number of hydrogen-bond acceptors (Lipinski definition) is 3. The topological polar surface area (TPSA) is 75.3 Å². The van der Waals surface area contributed by atoms with E-state index in [1.165, 1.54) is 0 Å². The Balaban J connectivity index is 0.00000137. The predicted octanol–water partition coefficient (Wildman–Crippen LogP) is 2.43. The van der Waals surface area contributed by atoms with Gasteiger partial charge in [0.25, 0.3) is 0 Å². The fourth-order valence-corrected chi connectivity index (χ4v) is 1.68. The van der Waals surface area contributed by atoms with E-state index in [9.17, 15) is 13.2 Å². The largest absolute Gasteiger partial charge is 0.326 e. The first kappa shape index (κ1) is 16.4. The van der Waals surface area contributed by atoms with Crippen LogP contribution in [-0.2, 0) is 14.8 Å². The second kappa shape index (κ2) is 7.71. The second-order valence-corrected chi connectivity index (χ2v) is 5.11. The summed E-state index contributed by atoms with van der Waals surface area (Å²) in [6, 6.07) is 6.54. The van der Waals surface area contributed by atoms with Crippen molar-refractivity contribution in [3.05, 3.63) is 24.3 Å². The quantitative estimate of drug-likeness (QED) is 0.884. The maximum atomic E-state index is 11.1. The molecule has 0 bridgehead atoms. The van der Waals surface area contributed by atoms with Gasteiger partial charge in [-0.15, -0.1) is 0 Å². The summed E-state index contributed by atoms with van der Waals surface area (Å²) in [5, 5.41) is 2.64. The summed E-state index contributed by atoms with van der Waals surface area (Å²) in [6.07, 6.45) is 1.45. The second-order valence-electron chi connectivity index (χ2n) is 3.36. The number of carbonyl (C=O) groups is 1. The van der Waals surface area contributed by atoms with E-state index in [1.807, 2.05) is 13.8 Å². The van der Waals surface area contributed by atoms with Crippen molar-refractivity contribution < 1.29 is 13.2 Å². The van der Waals surface area contributed by atoms with Crippen LogP contribution in [0.3, 0.4) is 0 Å².